The molecule has 0 saturated carbocycles. The number of likely N-dealkylation sites (tertiary alicyclic amines) is 2. The highest BCUT2D eigenvalue weighted by Crippen LogP contribution is 2.21. The van der Waals surface area contributed by atoms with Gasteiger partial charge in [0.2, 0.25) is 0 Å². The molecule has 0 unspecified atom stereocenters. The predicted molar refractivity (Wildman–Crippen MR) is 101 cm³/mol. The number of para-hydroxylation sites is 1. The molecule has 0 bridgehead atoms. The first-order valence-electron chi connectivity index (χ1n) is 10.0. The van der Waals surface area contributed by atoms with Crippen LogP contribution in [0.15, 0.2) is 30.3 Å². The van der Waals surface area contributed by atoms with Crippen LogP contribution in [0.4, 0.5) is 0 Å². The van der Waals surface area contributed by atoms with E-state index in [1.165, 1.54) is 45.2 Å². The Morgan fingerprint density at radius 1 is 0.960 bits per heavy atom. The molecule has 1 atom stereocenters. The molecular formula is C21H32N2O2. The third kappa shape index (κ3) is 5.74. The number of carbonyl (C=O) groups is 1. The maximum absolute atomic E-state index is 12.7. The lowest BCUT2D eigenvalue weighted by atomic mass is 9.99. The Labute approximate surface area is 152 Å². The molecule has 2 saturated heterocycles. The second-order valence-corrected chi connectivity index (χ2v) is 7.38. The SMILES string of the molecule is O=C(COc1ccccc1)N1CCCC[C@@H]1CCN1CCCCCC1. The number of ether oxygens (including phenoxy) is 1. The first-order chi connectivity index (χ1) is 12.3. The van der Waals surface area contributed by atoms with Crippen molar-refractivity contribution in [2.45, 2.75) is 57.4 Å². The minimum atomic E-state index is 0.143. The standard InChI is InChI=1S/C21H32N2O2/c24-21(18-25-20-11-4-3-5-12-20)23-16-9-6-10-19(23)13-17-22-14-7-1-2-8-15-22/h3-5,11-12,19H,1-2,6-10,13-18H2/t19-/m1/s1. The molecule has 2 heterocycles. The van der Waals surface area contributed by atoms with E-state index in [-0.39, 0.29) is 12.5 Å². The second kappa shape index (κ2) is 9.81. The summed E-state index contributed by atoms with van der Waals surface area (Å²) >= 11 is 0. The summed E-state index contributed by atoms with van der Waals surface area (Å²) in [5.41, 5.74) is 0. The maximum atomic E-state index is 12.7. The molecule has 1 aromatic rings. The fraction of sp³-hybridized carbons (Fsp3) is 0.667. The zero-order chi connectivity index (χ0) is 17.3. The second-order valence-electron chi connectivity index (χ2n) is 7.38. The molecule has 2 aliphatic rings. The van der Waals surface area contributed by atoms with Gasteiger partial charge in [0.05, 0.1) is 0 Å². The topological polar surface area (TPSA) is 32.8 Å². The largest absolute Gasteiger partial charge is 0.484 e. The van der Waals surface area contributed by atoms with E-state index >= 15 is 0 Å². The van der Waals surface area contributed by atoms with Crippen molar-refractivity contribution in [1.29, 1.82) is 0 Å². The van der Waals surface area contributed by atoms with E-state index in [2.05, 4.69) is 9.80 Å². The Morgan fingerprint density at radius 3 is 2.44 bits per heavy atom. The van der Waals surface area contributed by atoms with Gasteiger partial charge in [0, 0.05) is 19.1 Å². The predicted octanol–water partition coefficient (Wildman–Crippen LogP) is 3.71. The van der Waals surface area contributed by atoms with Crippen molar-refractivity contribution in [1.82, 2.24) is 9.80 Å². The Morgan fingerprint density at radius 2 is 1.68 bits per heavy atom. The summed E-state index contributed by atoms with van der Waals surface area (Å²) < 4.78 is 5.68. The van der Waals surface area contributed by atoms with Gasteiger partial charge in [-0.15, -0.1) is 0 Å². The van der Waals surface area contributed by atoms with Crippen LogP contribution in [0.5, 0.6) is 5.75 Å². The van der Waals surface area contributed by atoms with Crippen molar-refractivity contribution in [3.63, 3.8) is 0 Å². The average Bonchev–Trinajstić information content (AvgIpc) is 2.94. The molecule has 2 aliphatic heterocycles. The van der Waals surface area contributed by atoms with E-state index < -0.39 is 0 Å². The molecule has 4 nitrogen and oxygen atoms in total. The maximum Gasteiger partial charge on any atom is 0.260 e. The molecule has 2 fully saturated rings. The molecule has 0 spiro atoms. The number of nitrogens with zero attached hydrogens (tertiary/aromatic N) is 2. The first-order valence-corrected chi connectivity index (χ1v) is 10.0. The smallest absolute Gasteiger partial charge is 0.260 e. The molecular weight excluding hydrogens is 312 g/mol. The summed E-state index contributed by atoms with van der Waals surface area (Å²) in [6.45, 7) is 4.65. The van der Waals surface area contributed by atoms with Crippen molar-refractivity contribution < 1.29 is 9.53 Å². The van der Waals surface area contributed by atoms with Gasteiger partial charge in [-0.2, -0.15) is 0 Å². The van der Waals surface area contributed by atoms with Crippen LogP contribution in [0.3, 0.4) is 0 Å². The van der Waals surface area contributed by atoms with Crippen LogP contribution in [-0.4, -0.2) is 54.5 Å². The first kappa shape index (κ1) is 18.2. The molecule has 1 amide bonds. The van der Waals surface area contributed by atoms with E-state index in [0.29, 0.717) is 6.04 Å². The van der Waals surface area contributed by atoms with Crippen LogP contribution in [0.1, 0.15) is 51.4 Å². The number of hydrogen-bond acceptors (Lipinski definition) is 3. The summed E-state index contributed by atoms with van der Waals surface area (Å²) in [6, 6.07) is 10.0. The molecule has 0 aromatic heterocycles. The number of hydrogen-bond donors (Lipinski definition) is 0. The summed E-state index contributed by atoms with van der Waals surface area (Å²) in [7, 11) is 0. The number of benzene rings is 1. The van der Waals surface area contributed by atoms with E-state index in [0.717, 1.165) is 38.1 Å². The molecule has 0 aliphatic carbocycles. The monoisotopic (exact) mass is 344 g/mol. The summed E-state index contributed by atoms with van der Waals surface area (Å²) in [5, 5.41) is 0. The van der Waals surface area contributed by atoms with Crippen LogP contribution < -0.4 is 4.74 Å². The van der Waals surface area contributed by atoms with Gasteiger partial charge in [-0.1, -0.05) is 31.0 Å². The summed E-state index contributed by atoms with van der Waals surface area (Å²) in [4.78, 5) is 17.4. The Balaban J connectivity index is 1.48. The van der Waals surface area contributed by atoms with E-state index in [4.69, 9.17) is 4.74 Å². The van der Waals surface area contributed by atoms with Gasteiger partial charge in [0.1, 0.15) is 5.75 Å². The lowest BCUT2D eigenvalue weighted by Crippen LogP contribution is -2.47. The highest BCUT2D eigenvalue weighted by Gasteiger charge is 2.27. The number of carbonyl (C=O) groups excluding carboxylic acids is 1. The van der Waals surface area contributed by atoms with Crippen molar-refractivity contribution in [2.75, 3.05) is 32.8 Å². The Bertz CT molecular complexity index is 512. The summed E-state index contributed by atoms with van der Waals surface area (Å²) in [6.07, 6.45) is 10.0. The van der Waals surface area contributed by atoms with Gasteiger partial charge in [0.15, 0.2) is 6.61 Å². The van der Waals surface area contributed by atoms with Crippen LogP contribution in [-0.2, 0) is 4.79 Å². The highest BCUT2D eigenvalue weighted by atomic mass is 16.5. The van der Waals surface area contributed by atoms with E-state index in [1.54, 1.807) is 0 Å². The zero-order valence-electron chi connectivity index (χ0n) is 15.4. The molecule has 138 valence electrons. The lowest BCUT2D eigenvalue weighted by Gasteiger charge is -2.37. The van der Waals surface area contributed by atoms with Crippen LogP contribution in [0, 0.1) is 0 Å². The number of piperidine rings is 1. The third-order valence-corrected chi connectivity index (χ3v) is 5.53. The minimum Gasteiger partial charge on any atom is -0.484 e. The van der Waals surface area contributed by atoms with Gasteiger partial charge in [-0.3, -0.25) is 4.79 Å². The van der Waals surface area contributed by atoms with Gasteiger partial charge >= 0.3 is 0 Å². The van der Waals surface area contributed by atoms with Gasteiger partial charge in [-0.25, -0.2) is 0 Å². The zero-order valence-corrected chi connectivity index (χ0v) is 15.4. The quantitative estimate of drug-likeness (QED) is 0.788. The number of amides is 1. The minimum absolute atomic E-state index is 0.143. The molecule has 0 N–H and O–H groups in total. The van der Waals surface area contributed by atoms with Crippen molar-refractivity contribution in [2.24, 2.45) is 0 Å². The molecule has 4 heteroatoms. The van der Waals surface area contributed by atoms with E-state index in [9.17, 15) is 4.79 Å². The highest BCUT2D eigenvalue weighted by molar-refractivity contribution is 5.78. The third-order valence-electron chi connectivity index (χ3n) is 5.53. The fourth-order valence-electron chi connectivity index (χ4n) is 4.07. The van der Waals surface area contributed by atoms with Crippen LogP contribution in [0.25, 0.3) is 0 Å². The summed E-state index contributed by atoms with van der Waals surface area (Å²) in [5.74, 6) is 0.915. The van der Waals surface area contributed by atoms with Crippen molar-refractivity contribution in [3.05, 3.63) is 30.3 Å². The molecule has 25 heavy (non-hydrogen) atoms. The fourth-order valence-corrected chi connectivity index (χ4v) is 4.07. The number of rotatable bonds is 6. The molecule has 3 rings (SSSR count). The van der Waals surface area contributed by atoms with Gasteiger partial charge in [0.25, 0.3) is 5.91 Å². The van der Waals surface area contributed by atoms with Gasteiger partial charge in [-0.05, 0) is 63.7 Å². The Hall–Kier alpha value is -1.55. The van der Waals surface area contributed by atoms with Crippen LogP contribution >= 0.6 is 0 Å². The normalized spacial score (nSPS) is 22.4. The van der Waals surface area contributed by atoms with Crippen molar-refractivity contribution >= 4 is 5.91 Å². The molecule has 0 radical (unpaired) electrons. The Kier molecular flexibility index (Phi) is 7.16. The molecule has 1 aromatic carbocycles. The lowest BCUT2D eigenvalue weighted by molar-refractivity contribution is -0.137. The van der Waals surface area contributed by atoms with E-state index in [1.807, 2.05) is 30.3 Å². The van der Waals surface area contributed by atoms with Gasteiger partial charge < -0.3 is 14.5 Å². The van der Waals surface area contributed by atoms with Crippen LogP contribution in [0.2, 0.25) is 0 Å². The van der Waals surface area contributed by atoms with Crippen molar-refractivity contribution in [3.8, 4) is 5.75 Å². The average molecular weight is 344 g/mol.